The number of aliphatic hydroxyl groups is 1. The van der Waals surface area contributed by atoms with Crippen LogP contribution >= 0.6 is 15.9 Å². The van der Waals surface area contributed by atoms with Gasteiger partial charge in [-0.15, -0.1) is 0 Å². The van der Waals surface area contributed by atoms with Gasteiger partial charge in [0.2, 0.25) is 5.95 Å². The van der Waals surface area contributed by atoms with Crippen molar-refractivity contribution in [1.82, 2.24) is 9.97 Å². The molecule has 1 aromatic rings. The minimum Gasteiger partial charge on any atom is -0.390 e. The summed E-state index contributed by atoms with van der Waals surface area (Å²) in [4.78, 5) is 10.8. The second-order valence-corrected chi connectivity index (χ2v) is 6.03. The molecule has 1 aliphatic heterocycles. The number of rotatable bonds is 2. The first-order chi connectivity index (χ1) is 7.97. The fourth-order valence-corrected chi connectivity index (χ4v) is 2.46. The van der Waals surface area contributed by atoms with Gasteiger partial charge in [0.25, 0.3) is 0 Å². The molecule has 2 rings (SSSR count). The van der Waals surface area contributed by atoms with Crippen LogP contribution < -0.4 is 4.90 Å². The second-order valence-electron chi connectivity index (χ2n) is 5.12. The van der Waals surface area contributed by atoms with Crippen molar-refractivity contribution in [3.05, 3.63) is 16.9 Å². The molecule has 0 radical (unpaired) electrons. The molecule has 1 saturated heterocycles. The van der Waals surface area contributed by atoms with Gasteiger partial charge >= 0.3 is 0 Å². The standard InChI is InChI=1S/C12H18BrN3O/c1-12(2,17)9-3-5-16(6-4-9)11-14-7-10(13)8-15-11/h7-9,17H,3-6H2,1-2H3. The van der Waals surface area contributed by atoms with E-state index in [1.165, 1.54) is 0 Å². The fraction of sp³-hybridized carbons (Fsp3) is 0.667. The van der Waals surface area contributed by atoms with Crippen molar-refractivity contribution < 1.29 is 5.11 Å². The van der Waals surface area contributed by atoms with Crippen molar-refractivity contribution in [2.75, 3.05) is 18.0 Å². The lowest BCUT2D eigenvalue weighted by molar-refractivity contribution is 0.00640. The van der Waals surface area contributed by atoms with Crippen LogP contribution in [-0.2, 0) is 0 Å². The van der Waals surface area contributed by atoms with Crippen molar-refractivity contribution in [2.45, 2.75) is 32.3 Å². The molecule has 0 amide bonds. The van der Waals surface area contributed by atoms with E-state index in [4.69, 9.17) is 0 Å². The number of nitrogens with zero attached hydrogens (tertiary/aromatic N) is 3. The Morgan fingerprint density at radius 1 is 1.29 bits per heavy atom. The van der Waals surface area contributed by atoms with Crippen molar-refractivity contribution in [3.8, 4) is 0 Å². The van der Waals surface area contributed by atoms with E-state index >= 15 is 0 Å². The van der Waals surface area contributed by atoms with E-state index in [-0.39, 0.29) is 0 Å². The Morgan fingerprint density at radius 3 is 2.29 bits per heavy atom. The molecule has 0 spiro atoms. The maximum atomic E-state index is 9.98. The minimum absolute atomic E-state index is 0.370. The average Bonchev–Trinajstić information content (AvgIpc) is 2.29. The lowest BCUT2D eigenvalue weighted by Gasteiger charge is -2.37. The summed E-state index contributed by atoms with van der Waals surface area (Å²) in [6.07, 6.45) is 5.51. The van der Waals surface area contributed by atoms with Gasteiger partial charge in [-0.1, -0.05) is 0 Å². The predicted octanol–water partition coefficient (Wildman–Crippen LogP) is 2.23. The van der Waals surface area contributed by atoms with Crippen LogP contribution in [0.25, 0.3) is 0 Å². The normalized spacial score (nSPS) is 18.5. The summed E-state index contributed by atoms with van der Waals surface area (Å²) >= 11 is 3.33. The summed E-state index contributed by atoms with van der Waals surface area (Å²) in [5.41, 5.74) is -0.577. The van der Waals surface area contributed by atoms with Gasteiger partial charge in [0, 0.05) is 25.5 Å². The van der Waals surface area contributed by atoms with Gasteiger partial charge < -0.3 is 10.0 Å². The van der Waals surface area contributed by atoms with E-state index in [9.17, 15) is 5.11 Å². The lowest BCUT2D eigenvalue weighted by atomic mass is 9.83. The molecule has 1 N–H and O–H groups in total. The molecular formula is C12H18BrN3O. The second kappa shape index (κ2) is 4.90. The Hall–Kier alpha value is -0.680. The molecule has 1 aliphatic rings. The van der Waals surface area contributed by atoms with Crippen LogP contribution in [0.1, 0.15) is 26.7 Å². The summed E-state index contributed by atoms with van der Waals surface area (Å²) in [5, 5.41) is 9.98. The third-order valence-electron chi connectivity index (χ3n) is 3.38. The number of anilines is 1. The number of hydrogen-bond acceptors (Lipinski definition) is 4. The zero-order valence-electron chi connectivity index (χ0n) is 10.2. The van der Waals surface area contributed by atoms with Gasteiger partial charge in [0.15, 0.2) is 0 Å². The van der Waals surface area contributed by atoms with Crippen molar-refractivity contribution >= 4 is 21.9 Å². The molecule has 94 valence electrons. The fourth-order valence-electron chi connectivity index (χ4n) is 2.25. The van der Waals surface area contributed by atoms with Crippen LogP contribution in [0.2, 0.25) is 0 Å². The summed E-state index contributed by atoms with van der Waals surface area (Å²) < 4.78 is 0.896. The highest BCUT2D eigenvalue weighted by Crippen LogP contribution is 2.29. The third-order valence-corrected chi connectivity index (χ3v) is 3.79. The molecule has 1 aromatic heterocycles. The van der Waals surface area contributed by atoms with Crippen LogP contribution in [0, 0.1) is 5.92 Å². The molecule has 0 atom stereocenters. The molecule has 0 aliphatic carbocycles. The van der Waals surface area contributed by atoms with Crippen LogP contribution in [0.4, 0.5) is 5.95 Å². The molecular weight excluding hydrogens is 282 g/mol. The Bertz CT molecular complexity index is 366. The molecule has 17 heavy (non-hydrogen) atoms. The zero-order chi connectivity index (χ0) is 12.5. The van der Waals surface area contributed by atoms with Crippen molar-refractivity contribution in [3.63, 3.8) is 0 Å². The monoisotopic (exact) mass is 299 g/mol. The number of aromatic nitrogens is 2. The molecule has 2 heterocycles. The Morgan fingerprint density at radius 2 is 1.82 bits per heavy atom. The van der Waals surface area contributed by atoms with Crippen LogP contribution in [0.3, 0.4) is 0 Å². The van der Waals surface area contributed by atoms with E-state index in [0.717, 1.165) is 36.4 Å². The minimum atomic E-state index is -0.577. The first kappa shape index (κ1) is 12.8. The molecule has 0 unspecified atom stereocenters. The Labute approximate surface area is 110 Å². The maximum Gasteiger partial charge on any atom is 0.225 e. The molecule has 4 nitrogen and oxygen atoms in total. The Balaban J connectivity index is 1.97. The number of halogens is 1. The average molecular weight is 300 g/mol. The topological polar surface area (TPSA) is 49.2 Å². The number of hydrogen-bond donors (Lipinski definition) is 1. The first-order valence-electron chi connectivity index (χ1n) is 5.91. The third kappa shape index (κ3) is 3.16. The van der Waals surface area contributed by atoms with Gasteiger partial charge in [-0.05, 0) is 48.5 Å². The largest absolute Gasteiger partial charge is 0.390 e. The highest BCUT2D eigenvalue weighted by Gasteiger charge is 2.31. The van der Waals surface area contributed by atoms with Gasteiger partial charge in [0.05, 0.1) is 10.1 Å². The van der Waals surface area contributed by atoms with Crippen LogP contribution in [0.15, 0.2) is 16.9 Å². The van der Waals surface area contributed by atoms with Crippen molar-refractivity contribution in [1.29, 1.82) is 0 Å². The summed E-state index contributed by atoms with van der Waals surface area (Å²) in [7, 11) is 0. The predicted molar refractivity (Wildman–Crippen MR) is 71.0 cm³/mol. The van der Waals surface area contributed by atoms with Crippen molar-refractivity contribution in [2.24, 2.45) is 5.92 Å². The van der Waals surface area contributed by atoms with Gasteiger partial charge in [-0.25, -0.2) is 9.97 Å². The van der Waals surface area contributed by atoms with Crippen LogP contribution in [-0.4, -0.2) is 33.8 Å². The Kier molecular flexibility index (Phi) is 3.68. The van der Waals surface area contributed by atoms with Gasteiger partial charge in [-0.3, -0.25) is 0 Å². The smallest absolute Gasteiger partial charge is 0.225 e. The van der Waals surface area contributed by atoms with E-state index in [1.807, 2.05) is 13.8 Å². The highest BCUT2D eigenvalue weighted by molar-refractivity contribution is 9.10. The maximum absolute atomic E-state index is 9.98. The quantitative estimate of drug-likeness (QED) is 0.910. The zero-order valence-corrected chi connectivity index (χ0v) is 11.8. The van der Waals surface area contributed by atoms with E-state index in [0.29, 0.717) is 5.92 Å². The van der Waals surface area contributed by atoms with E-state index in [1.54, 1.807) is 12.4 Å². The first-order valence-corrected chi connectivity index (χ1v) is 6.71. The lowest BCUT2D eigenvalue weighted by Crippen LogP contribution is -2.42. The van der Waals surface area contributed by atoms with E-state index in [2.05, 4.69) is 30.8 Å². The van der Waals surface area contributed by atoms with Crippen LogP contribution in [0.5, 0.6) is 0 Å². The molecule has 0 saturated carbocycles. The molecule has 0 aromatic carbocycles. The van der Waals surface area contributed by atoms with Gasteiger partial charge in [0.1, 0.15) is 0 Å². The summed E-state index contributed by atoms with van der Waals surface area (Å²) in [6.45, 7) is 5.61. The molecule has 5 heteroatoms. The SMILES string of the molecule is CC(C)(O)C1CCN(c2ncc(Br)cn2)CC1. The molecule has 1 fully saturated rings. The summed E-state index contributed by atoms with van der Waals surface area (Å²) in [5.74, 6) is 1.15. The van der Waals surface area contributed by atoms with E-state index < -0.39 is 5.60 Å². The number of piperidine rings is 1. The molecule has 0 bridgehead atoms. The van der Waals surface area contributed by atoms with Gasteiger partial charge in [-0.2, -0.15) is 0 Å². The highest BCUT2D eigenvalue weighted by atomic mass is 79.9. The summed E-state index contributed by atoms with van der Waals surface area (Å²) in [6, 6.07) is 0.